The maximum absolute atomic E-state index is 11.7. The minimum Gasteiger partial charge on any atom is -0.353 e. The third-order valence-corrected chi connectivity index (χ3v) is 3.56. The van der Waals surface area contributed by atoms with Crippen LogP contribution in [0.1, 0.15) is 19.8 Å². The normalized spacial score (nSPS) is 29.3. The van der Waals surface area contributed by atoms with Crippen LogP contribution in [0.3, 0.4) is 0 Å². The van der Waals surface area contributed by atoms with Crippen LogP contribution in [0.4, 0.5) is 0 Å². The molecule has 2 rings (SSSR count). The van der Waals surface area contributed by atoms with E-state index < -0.39 is 0 Å². The van der Waals surface area contributed by atoms with Crippen molar-refractivity contribution in [3.05, 3.63) is 0 Å². The molecule has 15 heavy (non-hydrogen) atoms. The molecule has 4 heteroatoms. The summed E-state index contributed by atoms with van der Waals surface area (Å²) in [5, 5.41) is 9.64. The van der Waals surface area contributed by atoms with E-state index >= 15 is 0 Å². The summed E-state index contributed by atoms with van der Waals surface area (Å²) in [6, 6.07) is 0.311. The zero-order chi connectivity index (χ0) is 10.7. The zero-order valence-corrected chi connectivity index (χ0v) is 9.38. The van der Waals surface area contributed by atoms with Gasteiger partial charge < -0.3 is 16.0 Å². The van der Waals surface area contributed by atoms with Crippen molar-refractivity contribution in [2.45, 2.75) is 25.8 Å². The topological polar surface area (TPSA) is 53.2 Å². The Hall–Kier alpha value is -0.610. The number of amides is 1. The number of piperidine rings is 1. The second-order valence-electron chi connectivity index (χ2n) is 4.76. The van der Waals surface area contributed by atoms with Gasteiger partial charge in [-0.15, -0.1) is 0 Å². The highest BCUT2D eigenvalue weighted by Gasteiger charge is 2.28. The fourth-order valence-electron chi connectivity index (χ4n) is 2.24. The zero-order valence-electron chi connectivity index (χ0n) is 9.38. The van der Waals surface area contributed by atoms with Crippen molar-refractivity contribution < 1.29 is 4.79 Å². The Kier molecular flexibility index (Phi) is 3.59. The van der Waals surface area contributed by atoms with Crippen LogP contribution < -0.4 is 16.0 Å². The quantitative estimate of drug-likeness (QED) is 0.601. The van der Waals surface area contributed by atoms with Crippen LogP contribution >= 0.6 is 0 Å². The van der Waals surface area contributed by atoms with Gasteiger partial charge in [0.1, 0.15) is 0 Å². The van der Waals surface area contributed by atoms with E-state index in [1.807, 2.05) is 0 Å². The second-order valence-corrected chi connectivity index (χ2v) is 4.76. The van der Waals surface area contributed by atoms with E-state index in [4.69, 9.17) is 0 Å². The molecule has 2 aliphatic heterocycles. The Bertz CT molecular complexity index is 222. The van der Waals surface area contributed by atoms with Gasteiger partial charge in [-0.1, -0.05) is 0 Å². The highest BCUT2D eigenvalue weighted by molar-refractivity contribution is 5.80. The van der Waals surface area contributed by atoms with Crippen LogP contribution in [0.2, 0.25) is 0 Å². The molecule has 0 aromatic carbocycles. The van der Waals surface area contributed by atoms with Crippen molar-refractivity contribution in [1.29, 1.82) is 0 Å². The van der Waals surface area contributed by atoms with Crippen molar-refractivity contribution in [1.82, 2.24) is 16.0 Å². The molecule has 0 saturated carbocycles. The van der Waals surface area contributed by atoms with Crippen LogP contribution in [-0.2, 0) is 4.79 Å². The number of nitrogens with one attached hydrogen (secondary N) is 3. The van der Waals surface area contributed by atoms with Gasteiger partial charge in [-0.05, 0) is 38.8 Å². The molecule has 1 amide bonds. The minimum atomic E-state index is 0.212. The molecular weight excluding hydrogens is 190 g/mol. The highest BCUT2D eigenvalue weighted by atomic mass is 16.2. The molecule has 0 radical (unpaired) electrons. The average Bonchev–Trinajstić information content (AvgIpc) is 2.16. The van der Waals surface area contributed by atoms with Gasteiger partial charge >= 0.3 is 0 Å². The summed E-state index contributed by atoms with van der Waals surface area (Å²) < 4.78 is 0. The third-order valence-electron chi connectivity index (χ3n) is 3.56. The molecule has 2 fully saturated rings. The van der Waals surface area contributed by atoms with Gasteiger partial charge in [-0.25, -0.2) is 0 Å². The molecule has 4 nitrogen and oxygen atoms in total. The SMILES string of the molecule is CC(NC(=O)C1CNC1)C1CCCNC1. The summed E-state index contributed by atoms with van der Waals surface area (Å²) in [5.74, 6) is 1.05. The number of carbonyl (C=O) groups excluding carboxylic acids is 1. The lowest BCUT2D eigenvalue weighted by Gasteiger charge is -2.32. The molecule has 2 heterocycles. The Morgan fingerprint density at radius 3 is 2.67 bits per heavy atom. The third kappa shape index (κ3) is 2.69. The van der Waals surface area contributed by atoms with Crippen LogP contribution in [-0.4, -0.2) is 38.1 Å². The lowest BCUT2D eigenvalue weighted by Crippen LogP contribution is -2.54. The molecule has 2 unspecified atom stereocenters. The molecule has 2 saturated heterocycles. The van der Waals surface area contributed by atoms with E-state index in [2.05, 4.69) is 22.9 Å². The van der Waals surface area contributed by atoms with E-state index in [1.54, 1.807) is 0 Å². The van der Waals surface area contributed by atoms with Crippen LogP contribution in [0, 0.1) is 11.8 Å². The van der Waals surface area contributed by atoms with E-state index in [9.17, 15) is 4.79 Å². The van der Waals surface area contributed by atoms with Gasteiger partial charge in [0.05, 0.1) is 5.92 Å². The van der Waals surface area contributed by atoms with Crippen LogP contribution in [0.5, 0.6) is 0 Å². The summed E-state index contributed by atoms with van der Waals surface area (Å²) in [6.07, 6.45) is 2.47. The van der Waals surface area contributed by atoms with Crippen LogP contribution in [0.25, 0.3) is 0 Å². The smallest absolute Gasteiger partial charge is 0.225 e. The predicted molar refractivity (Wildman–Crippen MR) is 59.6 cm³/mol. The first kappa shape index (κ1) is 10.9. The first-order valence-electron chi connectivity index (χ1n) is 5.99. The summed E-state index contributed by atoms with van der Waals surface area (Å²) >= 11 is 0. The van der Waals surface area contributed by atoms with E-state index in [1.165, 1.54) is 12.8 Å². The fourth-order valence-corrected chi connectivity index (χ4v) is 2.24. The Morgan fingerprint density at radius 1 is 1.33 bits per heavy atom. The van der Waals surface area contributed by atoms with Crippen molar-refractivity contribution in [3.63, 3.8) is 0 Å². The van der Waals surface area contributed by atoms with Crippen molar-refractivity contribution in [2.75, 3.05) is 26.2 Å². The minimum absolute atomic E-state index is 0.212. The molecule has 3 N–H and O–H groups in total. The summed E-state index contributed by atoms with van der Waals surface area (Å²) in [4.78, 5) is 11.7. The lowest BCUT2D eigenvalue weighted by molar-refractivity contribution is -0.127. The van der Waals surface area contributed by atoms with Gasteiger partial charge in [0, 0.05) is 19.1 Å². The Morgan fingerprint density at radius 2 is 2.13 bits per heavy atom. The molecule has 2 aliphatic rings. The monoisotopic (exact) mass is 211 g/mol. The first-order valence-corrected chi connectivity index (χ1v) is 5.99. The average molecular weight is 211 g/mol. The molecule has 0 spiro atoms. The summed E-state index contributed by atoms with van der Waals surface area (Å²) in [5.41, 5.74) is 0. The molecule has 0 bridgehead atoms. The predicted octanol–water partition coefficient (Wildman–Crippen LogP) is -0.290. The van der Waals surface area contributed by atoms with Gasteiger partial charge in [0.25, 0.3) is 0 Å². The molecule has 86 valence electrons. The molecule has 2 atom stereocenters. The number of hydrogen-bond donors (Lipinski definition) is 3. The molecular formula is C11H21N3O. The van der Waals surface area contributed by atoms with Crippen molar-refractivity contribution in [2.24, 2.45) is 11.8 Å². The molecule has 0 aromatic heterocycles. The van der Waals surface area contributed by atoms with E-state index in [-0.39, 0.29) is 11.8 Å². The maximum atomic E-state index is 11.7. The standard InChI is InChI=1S/C11H21N3O/c1-8(9-3-2-4-12-5-9)14-11(15)10-6-13-7-10/h8-10,12-13H,2-7H2,1H3,(H,14,15). The maximum Gasteiger partial charge on any atom is 0.225 e. The Labute approximate surface area is 91.2 Å². The van der Waals surface area contributed by atoms with E-state index in [0.717, 1.165) is 26.2 Å². The highest BCUT2D eigenvalue weighted by Crippen LogP contribution is 2.15. The Balaban J connectivity index is 1.74. The molecule has 0 aliphatic carbocycles. The van der Waals surface area contributed by atoms with Gasteiger partial charge in [0.2, 0.25) is 5.91 Å². The number of carbonyl (C=O) groups is 1. The fraction of sp³-hybridized carbons (Fsp3) is 0.909. The van der Waals surface area contributed by atoms with Gasteiger partial charge in [0.15, 0.2) is 0 Å². The molecule has 0 aromatic rings. The van der Waals surface area contributed by atoms with Crippen molar-refractivity contribution in [3.8, 4) is 0 Å². The van der Waals surface area contributed by atoms with Gasteiger partial charge in [-0.2, -0.15) is 0 Å². The van der Waals surface area contributed by atoms with Crippen LogP contribution in [0.15, 0.2) is 0 Å². The summed E-state index contributed by atoms with van der Waals surface area (Å²) in [7, 11) is 0. The van der Waals surface area contributed by atoms with Crippen molar-refractivity contribution >= 4 is 5.91 Å². The largest absolute Gasteiger partial charge is 0.353 e. The number of rotatable bonds is 3. The second kappa shape index (κ2) is 4.94. The summed E-state index contributed by atoms with van der Waals surface area (Å²) in [6.45, 7) is 6.00. The lowest BCUT2D eigenvalue weighted by atomic mass is 9.92. The van der Waals surface area contributed by atoms with Gasteiger partial charge in [-0.3, -0.25) is 4.79 Å². The first-order chi connectivity index (χ1) is 7.27. The van der Waals surface area contributed by atoms with E-state index in [0.29, 0.717) is 12.0 Å². The number of hydrogen-bond acceptors (Lipinski definition) is 3.